The summed E-state index contributed by atoms with van der Waals surface area (Å²) in [5, 5.41) is 0. The molecule has 1 aliphatic carbocycles. The van der Waals surface area contributed by atoms with Crippen LogP contribution in [0.25, 0.3) is 0 Å². The molecule has 2 atom stereocenters. The van der Waals surface area contributed by atoms with Gasteiger partial charge in [-0.3, -0.25) is 4.90 Å². The van der Waals surface area contributed by atoms with E-state index in [1.165, 1.54) is 45.2 Å². The van der Waals surface area contributed by atoms with Crippen molar-refractivity contribution >= 4 is 0 Å². The number of nitrogens with zero attached hydrogens (tertiary/aromatic N) is 1. The lowest BCUT2D eigenvalue weighted by molar-refractivity contribution is 0.0278. The van der Waals surface area contributed by atoms with Gasteiger partial charge >= 0.3 is 0 Å². The molecule has 118 valence electrons. The van der Waals surface area contributed by atoms with Crippen LogP contribution in [0.2, 0.25) is 0 Å². The van der Waals surface area contributed by atoms with E-state index in [-0.39, 0.29) is 0 Å². The van der Waals surface area contributed by atoms with E-state index in [1.807, 2.05) is 0 Å². The predicted molar refractivity (Wildman–Crippen MR) is 87.7 cm³/mol. The lowest BCUT2D eigenvalue weighted by Gasteiger charge is -2.49. The lowest BCUT2D eigenvalue weighted by Crippen LogP contribution is -2.55. The number of nitrogens with two attached hydrogens (primary N) is 1. The van der Waals surface area contributed by atoms with Crippen LogP contribution in [0.3, 0.4) is 0 Å². The average molecular weight is 280 g/mol. The summed E-state index contributed by atoms with van der Waals surface area (Å²) >= 11 is 0. The van der Waals surface area contributed by atoms with E-state index < -0.39 is 0 Å². The lowest BCUT2D eigenvalue weighted by atomic mass is 9.65. The Kier molecular flexibility index (Phi) is 4.86. The summed E-state index contributed by atoms with van der Waals surface area (Å²) in [5.41, 5.74) is 7.08. The van der Waals surface area contributed by atoms with Crippen LogP contribution in [0, 0.1) is 23.2 Å². The molecule has 1 saturated carbocycles. The predicted octanol–water partition coefficient (Wildman–Crippen LogP) is 3.90. The highest BCUT2D eigenvalue weighted by Crippen LogP contribution is 2.46. The van der Waals surface area contributed by atoms with E-state index in [0.717, 1.165) is 24.3 Å². The molecular weight excluding hydrogens is 244 g/mol. The zero-order valence-electron chi connectivity index (χ0n) is 14.4. The summed E-state index contributed by atoms with van der Waals surface area (Å²) in [7, 11) is 0. The monoisotopic (exact) mass is 280 g/mol. The van der Waals surface area contributed by atoms with Crippen LogP contribution >= 0.6 is 0 Å². The second-order valence-electron chi connectivity index (χ2n) is 8.40. The third-order valence-electron chi connectivity index (χ3n) is 6.97. The molecule has 2 rings (SSSR count). The van der Waals surface area contributed by atoms with Gasteiger partial charge in [0, 0.05) is 25.2 Å². The molecule has 2 nitrogen and oxygen atoms in total. The molecule has 0 bridgehead atoms. The Bertz CT molecular complexity index is 305. The molecule has 1 saturated heterocycles. The number of hydrogen-bond donors (Lipinski definition) is 1. The summed E-state index contributed by atoms with van der Waals surface area (Å²) in [6, 6.07) is 0. The summed E-state index contributed by atoms with van der Waals surface area (Å²) in [6.07, 6.45) is 6.67. The van der Waals surface area contributed by atoms with Crippen molar-refractivity contribution in [3.63, 3.8) is 0 Å². The van der Waals surface area contributed by atoms with Crippen LogP contribution in [0.1, 0.15) is 66.7 Å². The third kappa shape index (κ3) is 2.92. The van der Waals surface area contributed by atoms with Crippen molar-refractivity contribution in [2.24, 2.45) is 28.9 Å². The minimum atomic E-state index is 0.319. The molecule has 2 fully saturated rings. The van der Waals surface area contributed by atoms with Crippen molar-refractivity contribution in [2.45, 2.75) is 72.3 Å². The third-order valence-corrected chi connectivity index (χ3v) is 6.97. The quantitative estimate of drug-likeness (QED) is 0.846. The van der Waals surface area contributed by atoms with Crippen molar-refractivity contribution in [1.29, 1.82) is 0 Å². The number of likely N-dealkylation sites (tertiary alicyclic amines) is 1. The van der Waals surface area contributed by atoms with Crippen LogP contribution in [0.5, 0.6) is 0 Å². The standard InChI is InChI=1S/C18H36N2/c1-6-17(4,5)16-7-9-18(13-19,10-8-16)20-11-14(2)15(3)12-20/h14-16H,6-13,19H2,1-5H3. The average Bonchev–Trinajstić information content (AvgIpc) is 2.79. The topological polar surface area (TPSA) is 29.3 Å². The highest BCUT2D eigenvalue weighted by molar-refractivity contribution is 5.00. The minimum Gasteiger partial charge on any atom is -0.329 e. The summed E-state index contributed by atoms with van der Waals surface area (Å²) in [5.74, 6) is 2.57. The maximum absolute atomic E-state index is 6.25. The van der Waals surface area contributed by atoms with E-state index >= 15 is 0 Å². The van der Waals surface area contributed by atoms with E-state index in [0.29, 0.717) is 11.0 Å². The van der Waals surface area contributed by atoms with Gasteiger partial charge in [0.2, 0.25) is 0 Å². The molecule has 0 aromatic heterocycles. The molecule has 2 heteroatoms. The first-order valence-corrected chi connectivity index (χ1v) is 8.80. The minimum absolute atomic E-state index is 0.319. The Morgan fingerprint density at radius 2 is 1.60 bits per heavy atom. The Balaban J connectivity index is 2.02. The first kappa shape index (κ1) is 16.3. The van der Waals surface area contributed by atoms with Crippen LogP contribution in [0.15, 0.2) is 0 Å². The molecule has 2 unspecified atom stereocenters. The maximum Gasteiger partial charge on any atom is 0.0332 e. The van der Waals surface area contributed by atoms with Gasteiger partial charge in [0.25, 0.3) is 0 Å². The highest BCUT2D eigenvalue weighted by Gasteiger charge is 2.45. The van der Waals surface area contributed by atoms with Gasteiger partial charge in [0.15, 0.2) is 0 Å². The fraction of sp³-hybridized carbons (Fsp3) is 1.00. The Morgan fingerprint density at radius 1 is 1.10 bits per heavy atom. The van der Waals surface area contributed by atoms with Crippen molar-refractivity contribution in [2.75, 3.05) is 19.6 Å². The summed E-state index contributed by atoms with van der Waals surface area (Å²) in [6.45, 7) is 15.4. The van der Waals surface area contributed by atoms with Crippen molar-refractivity contribution in [3.05, 3.63) is 0 Å². The molecule has 0 spiro atoms. The Hall–Kier alpha value is -0.0800. The van der Waals surface area contributed by atoms with Crippen molar-refractivity contribution in [1.82, 2.24) is 4.90 Å². The summed E-state index contributed by atoms with van der Waals surface area (Å²) in [4.78, 5) is 2.75. The van der Waals surface area contributed by atoms with Crippen LogP contribution in [-0.4, -0.2) is 30.1 Å². The van der Waals surface area contributed by atoms with E-state index in [1.54, 1.807) is 0 Å². The van der Waals surface area contributed by atoms with Crippen LogP contribution < -0.4 is 5.73 Å². The van der Waals surface area contributed by atoms with Crippen LogP contribution in [0.4, 0.5) is 0 Å². The normalized spacial score (nSPS) is 40.2. The fourth-order valence-electron chi connectivity index (χ4n) is 4.39. The van der Waals surface area contributed by atoms with Gasteiger partial charge in [-0.15, -0.1) is 0 Å². The smallest absolute Gasteiger partial charge is 0.0332 e. The molecule has 2 N–H and O–H groups in total. The molecule has 1 heterocycles. The van der Waals surface area contributed by atoms with E-state index in [2.05, 4.69) is 39.5 Å². The molecule has 0 radical (unpaired) electrons. The fourth-order valence-corrected chi connectivity index (χ4v) is 4.39. The largest absolute Gasteiger partial charge is 0.329 e. The molecule has 0 aromatic rings. The second kappa shape index (κ2) is 5.96. The zero-order valence-corrected chi connectivity index (χ0v) is 14.4. The molecule has 0 amide bonds. The van der Waals surface area contributed by atoms with Gasteiger partial charge in [-0.25, -0.2) is 0 Å². The van der Waals surface area contributed by atoms with Gasteiger partial charge in [0.05, 0.1) is 0 Å². The van der Waals surface area contributed by atoms with Gasteiger partial charge < -0.3 is 5.73 Å². The molecule has 0 aromatic carbocycles. The van der Waals surface area contributed by atoms with Gasteiger partial charge in [-0.05, 0) is 48.9 Å². The SMILES string of the molecule is CCC(C)(C)C1CCC(CN)(N2CC(C)C(C)C2)CC1. The molecule has 20 heavy (non-hydrogen) atoms. The Labute approximate surface area is 126 Å². The first-order valence-electron chi connectivity index (χ1n) is 8.80. The number of hydrogen-bond acceptors (Lipinski definition) is 2. The number of rotatable bonds is 4. The summed E-state index contributed by atoms with van der Waals surface area (Å²) < 4.78 is 0. The zero-order chi connectivity index (χ0) is 15.0. The first-order chi connectivity index (χ1) is 9.34. The van der Waals surface area contributed by atoms with E-state index in [9.17, 15) is 0 Å². The van der Waals surface area contributed by atoms with E-state index in [4.69, 9.17) is 5.73 Å². The second-order valence-corrected chi connectivity index (χ2v) is 8.40. The van der Waals surface area contributed by atoms with Gasteiger partial charge in [-0.1, -0.05) is 41.0 Å². The molecular formula is C18H36N2. The molecule has 2 aliphatic rings. The molecule has 1 aliphatic heterocycles. The Morgan fingerprint density at radius 3 is 2.00 bits per heavy atom. The van der Waals surface area contributed by atoms with Crippen LogP contribution in [-0.2, 0) is 0 Å². The maximum atomic E-state index is 6.25. The van der Waals surface area contributed by atoms with Crippen molar-refractivity contribution < 1.29 is 0 Å². The van der Waals surface area contributed by atoms with Gasteiger partial charge in [0.1, 0.15) is 0 Å². The van der Waals surface area contributed by atoms with Gasteiger partial charge in [-0.2, -0.15) is 0 Å². The highest BCUT2D eigenvalue weighted by atomic mass is 15.2. The van der Waals surface area contributed by atoms with Crippen molar-refractivity contribution in [3.8, 4) is 0 Å².